The number of nitrogens with zero attached hydrogens (tertiary/aromatic N) is 4. The number of benzene rings is 1. The van der Waals surface area contributed by atoms with E-state index in [1.165, 1.54) is 0 Å². The van der Waals surface area contributed by atoms with Gasteiger partial charge in [0, 0.05) is 37.6 Å². The summed E-state index contributed by atoms with van der Waals surface area (Å²) >= 11 is 0. The van der Waals surface area contributed by atoms with E-state index in [-0.39, 0.29) is 11.7 Å². The predicted octanol–water partition coefficient (Wildman–Crippen LogP) is 2.08. The number of phenolic OH excluding ortho intramolecular Hbond substituents is 1. The van der Waals surface area contributed by atoms with E-state index in [0.717, 1.165) is 30.9 Å². The number of ether oxygens (including phenoxy) is 1. The first kappa shape index (κ1) is 18.2. The minimum atomic E-state index is -0.221. The highest BCUT2D eigenvalue weighted by Gasteiger charge is 2.24. The summed E-state index contributed by atoms with van der Waals surface area (Å²) in [6.45, 7) is 5.31. The van der Waals surface area contributed by atoms with E-state index in [1.807, 2.05) is 17.5 Å². The number of phenols is 1. The van der Waals surface area contributed by atoms with Crippen LogP contribution in [0.4, 0.5) is 5.82 Å². The second-order valence-electron chi connectivity index (χ2n) is 6.66. The number of hydrogen-bond donors (Lipinski definition) is 2. The number of rotatable bonds is 5. The standard InChI is InChI=1S/C20H23N5O3/c1-2-7-22-20(27)16-17(14-3-5-15(26)6-4-14)25-9-8-21-18(19(25)23-16)24-10-12-28-13-11-24/h3-6,8-9,26H,2,7,10-13H2,1H3,(H,22,27). The fourth-order valence-corrected chi connectivity index (χ4v) is 3.34. The lowest BCUT2D eigenvalue weighted by atomic mass is 10.1. The summed E-state index contributed by atoms with van der Waals surface area (Å²) < 4.78 is 7.33. The highest BCUT2D eigenvalue weighted by atomic mass is 16.5. The molecule has 146 valence electrons. The molecule has 3 aromatic rings. The third-order valence-electron chi connectivity index (χ3n) is 4.73. The average Bonchev–Trinajstić information content (AvgIpc) is 3.13. The molecule has 1 aliphatic heterocycles. The van der Waals surface area contributed by atoms with Gasteiger partial charge in [-0.1, -0.05) is 6.92 Å². The van der Waals surface area contributed by atoms with Gasteiger partial charge in [0.15, 0.2) is 17.2 Å². The summed E-state index contributed by atoms with van der Waals surface area (Å²) in [5.74, 6) is 0.687. The molecule has 0 aliphatic carbocycles. The van der Waals surface area contributed by atoms with Crippen molar-refractivity contribution in [3.63, 3.8) is 0 Å². The van der Waals surface area contributed by atoms with E-state index < -0.39 is 0 Å². The van der Waals surface area contributed by atoms with Crippen LogP contribution in [0.15, 0.2) is 36.7 Å². The van der Waals surface area contributed by atoms with Crippen molar-refractivity contribution in [1.82, 2.24) is 19.7 Å². The molecule has 1 saturated heterocycles. The third-order valence-corrected chi connectivity index (χ3v) is 4.73. The Labute approximate surface area is 162 Å². The molecule has 1 aromatic carbocycles. The van der Waals surface area contributed by atoms with Crippen molar-refractivity contribution in [3.05, 3.63) is 42.4 Å². The molecule has 1 aliphatic rings. The van der Waals surface area contributed by atoms with E-state index in [4.69, 9.17) is 4.74 Å². The van der Waals surface area contributed by atoms with Gasteiger partial charge in [-0.15, -0.1) is 0 Å². The van der Waals surface area contributed by atoms with Gasteiger partial charge in [0.1, 0.15) is 5.75 Å². The summed E-state index contributed by atoms with van der Waals surface area (Å²) in [5, 5.41) is 12.6. The topological polar surface area (TPSA) is 92.0 Å². The van der Waals surface area contributed by atoms with Crippen molar-refractivity contribution in [2.24, 2.45) is 0 Å². The first-order valence-electron chi connectivity index (χ1n) is 9.46. The molecule has 0 atom stereocenters. The molecule has 2 N–H and O–H groups in total. The zero-order valence-corrected chi connectivity index (χ0v) is 15.8. The van der Waals surface area contributed by atoms with Crippen LogP contribution in [0, 0.1) is 0 Å². The van der Waals surface area contributed by atoms with E-state index in [2.05, 4.69) is 20.2 Å². The Balaban J connectivity index is 1.88. The summed E-state index contributed by atoms with van der Waals surface area (Å²) in [6.07, 6.45) is 4.37. The Morgan fingerprint density at radius 1 is 1.25 bits per heavy atom. The molecule has 1 fully saturated rings. The fourth-order valence-electron chi connectivity index (χ4n) is 3.34. The first-order chi connectivity index (χ1) is 13.7. The molecule has 0 bridgehead atoms. The number of imidazole rings is 1. The van der Waals surface area contributed by atoms with Gasteiger partial charge in [-0.25, -0.2) is 9.97 Å². The molecule has 2 aromatic heterocycles. The van der Waals surface area contributed by atoms with Crippen molar-refractivity contribution < 1.29 is 14.6 Å². The van der Waals surface area contributed by atoms with Crippen LogP contribution >= 0.6 is 0 Å². The van der Waals surface area contributed by atoms with E-state index >= 15 is 0 Å². The van der Waals surface area contributed by atoms with Crippen LogP contribution in [0.25, 0.3) is 16.9 Å². The Morgan fingerprint density at radius 2 is 2.00 bits per heavy atom. The molecule has 3 heterocycles. The van der Waals surface area contributed by atoms with Gasteiger partial charge in [-0.05, 0) is 30.7 Å². The van der Waals surface area contributed by atoms with Crippen LogP contribution in [0.5, 0.6) is 5.75 Å². The van der Waals surface area contributed by atoms with Gasteiger partial charge in [0.25, 0.3) is 5.91 Å². The number of aromatic nitrogens is 3. The van der Waals surface area contributed by atoms with E-state index in [1.54, 1.807) is 30.5 Å². The van der Waals surface area contributed by atoms with Crippen LogP contribution in [0.2, 0.25) is 0 Å². The smallest absolute Gasteiger partial charge is 0.272 e. The number of hydrogen-bond acceptors (Lipinski definition) is 6. The van der Waals surface area contributed by atoms with Gasteiger partial charge in [0.05, 0.1) is 18.9 Å². The maximum atomic E-state index is 12.8. The van der Waals surface area contributed by atoms with Crippen LogP contribution in [0.3, 0.4) is 0 Å². The number of amides is 1. The van der Waals surface area contributed by atoms with Crippen molar-refractivity contribution >= 4 is 17.4 Å². The monoisotopic (exact) mass is 381 g/mol. The molecule has 1 amide bonds. The quantitative estimate of drug-likeness (QED) is 0.703. The first-order valence-corrected chi connectivity index (χ1v) is 9.46. The molecular weight excluding hydrogens is 358 g/mol. The van der Waals surface area contributed by atoms with Crippen molar-refractivity contribution in [2.45, 2.75) is 13.3 Å². The zero-order valence-electron chi connectivity index (χ0n) is 15.8. The predicted molar refractivity (Wildman–Crippen MR) is 106 cm³/mol. The van der Waals surface area contributed by atoms with E-state index in [9.17, 15) is 9.90 Å². The van der Waals surface area contributed by atoms with Gasteiger partial charge < -0.3 is 20.1 Å². The summed E-state index contributed by atoms with van der Waals surface area (Å²) in [6, 6.07) is 6.77. The average molecular weight is 381 g/mol. The third kappa shape index (κ3) is 3.38. The Hall–Kier alpha value is -3.13. The Kier molecular flexibility index (Phi) is 5.12. The molecule has 0 unspecified atom stereocenters. The summed E-state index contributed by atoms with van der Waals surface area (Å²) in [7, 11) is 0. The summed E-state index contributed by atoms with van der Waals surface area (Å²) in [5.41, 5.74) is 2.46. The lowest BCUT2D eigenvalue weighted by Crippen LogP contribution is -2.37. The number of aromatic hydroxyl groups is 1. The number of morpholine rings is 1. The lowest BCUT2D eigenvalue weighted by Gasteiger charge is -2.27. The number of fused-ring (bicyclic) bond motifs is 1. The Bertz CT molecular complexity index is 977. The van der Waals surface area contributed by atoms with Gasteiger partial charge >= 0.3 is 0 Å². The molecule has 8 nitrogen and oxygen atoms in total. The van der Waals surface area contributed by atoms with Gasteiger partial charge in [0.2, 0.25) is 0 Å². The normalized spacial score (nSPS) is 14.4. The zero-order chi connectivity index (χ0) is 19.5. The fraction of sp³-hybridized carbons (Fsp3) is 0.350. The van der Waals surface area contributed by atoms with Crippen LogP contribution < -0.4 is 10.2 Å². The van der Waals surface area contributed by atoms with Crippen LogP contribution in [-0.4, -0.2) is 58.2 Å². The van der Waals surface area contributed by atoms with Gasteiger partial charge in [-0.3, -0.25) is 9.20 Å². The number of carbonyl (C=O) groups excluding carboxylic acids is 1. The molecule has 28 heavy (non-hydrogen) atoms. The largest absolute Gasteiger partial charge is 0.508 e. The SMILES string of the molecule is CCCNC(=O)c1nc2c(N3CCOCC3)nccn2c1-c1ccc(O)cc1. The van der Waals surface area contributed by atoms with Crippen LogP contribution in [0.1, 0.15) is 23.8 Å². The maximum absolute atomic E-state index is 12.8. The molecule has 8 heteroatoms. The summed E-state index contributed by atoms with van der Waals surface area (Å²) in [4.78, 5) is 24.2. The van der Waals surface area contributed by atoms with Crippen molar-refractivity contribution in [1.29, 1.82) is 0 Å². The van der Waals surface area contributed by atoms with Crippen molar-refractivity contribution in [3.8, 4) is 17.0 Å². The molecule has 0 saturated carbocycles. The number of carbonyl (C=O) groups is 1. The molecule has 4 rings (SSSR count). The highest BCUT2D eigenvalue weighted by molar-refractivity contribution is 6.00. The van der Waals surface area contributed by atoms with Crippen molar-refractivity contribution in [2.75, 3.05) is 37.7 Å². The lowest BCUT2D eigenvalue weighted by molar-refractivity contribution is 0.0950. The second-order valence-corrected chi connectivity index (χ2v) is 6.66. The second kappa shape index (κ2) is 7.85. The minimum absolute atomic E-state index is 0.172. The minimum Gasteiger partial charge on any atom is -0.508 e. The van der Waals surface area contributed by atoms with E-state index in [0.29, 0.717) is 36.8 Å². The number of anilines is 1. The Morgan fingerprint density at radius 3 is 2.71 bits per heavy atom. The molecule has 0 spiro atoms. The molecular formula is C20H23N5O3. The highest BCUT2D eigenvalue weighted by Crippen LogP contribution is 2.30. The van der Waals surface area contributed by atoms with Crippen LogP contribution in [-0.2, 0) is 4.74 Å². The molecule has 0 radical (unpaired) electrons. The number of nitrogens with one attached hydrogen (secondary N) is 1. The van der Waals surface area contributed by atoms with Gasteiger partial charge in [-0.2, -0.15) is 0 Å². The maximum Gasteiger partial charge on any atom is 0.272 e.